The predicted octanol–water partition coefficient (Wildman–Crippen LogP) is 2.65. The molecule has 1 heterocycles. The Morgan fingerprint density at radius 1 is 1.67 bits per heavy atom. The van der Waals surface area contributed by atoms with E-state index >= 15 is 0 Å². The molecule has 1 aliphatic rings. The van der Waals surface area contributed by atoms with E-state index in [4.69, 9.17) is 0 Å². The van der Waals surface area contributed by atoms with Gasteiger partial charge in [0.15, 0.2) is 0 Å². The van der Waals surface area contributed by atoms with Gasteiger partial charge in [-0.3, -0.25) is 0 Å². The SMILES string of the molecule is CCc1cnc(CNC(=O)N(C)C(C)C2CC2)s1. The highest BCUT2D eigenvalue weighted by atomic mass is 32.1. The predicted molar refractivity (Wildman–Crippen MR) is 73.7 cm³/mol. The summed E-state index contributed by atoms with van der Waals surface area (Å²) in [5.74, 6) is 0.701. The van der Waals surface area contributed by atoms with Crippen molar-refractivity contribution in [2.24, 2.45) is 5.92 Å². The van der Waals surface area contributed by atoms with E-state index in [2.05, 4.69) is 24.1 Å². The van der Waals surface area contributed by atoms with Crippen molar-refractivity contribution in [3.05, 3.63) is 16.1 Å². The third-order valence-corrected chi connectivity index (χ3v) is 4.72. The molecule has 100 valence electrons. The minimum Gasteiger partial charge on any atom is -0.331 e. The van der Waals surface area contributed by atoms with Crippen LogP contribution >= 0.6 is 11.3 Å². The summed E-state index contributed by atoms with van der Waals surface area (Å²) in [6.45, 7) is 4.77. The average Bonchev–Trinajstić information content (AvgIpc) is 3.13. The van der Waals surface area contributed by atoms with E-state index in [1.165, 1.54) is 17.7 Å². The van der Waals surface area contributed by atoms with E-state index in [1.54, 1.807) is 11.3 Å². The first-order chi connectivity index (χ1) is 8.61. The van der Waals surface area contributed by atoms with Crippen LogP contribution in [0.5, 0.6) is 0 Å². The molecule has 1 unspecified atom stereocenters. The molecule has 18 heavy (non-hydrogen) atoms. The molecule has 1 N–H and O–H groups in total. The zero-order chi connectivity index (χ0) is 13.1. The first-order valence-corrected chi connectivity index (χ1v) is 7.37. The maximum absolute atomic E-state index is 12.0. The van der Waals surface area contributed by atoms with Crippen LogP contribution < -0.4 is 5.32 Å². The van der Waals surface area contributed by atoms with Crippen molar-refractivity contribution in [3.8, 4) is 0 Å². The first kappa shape index (κ1) is 13.3. The van der Waals surface area contributed by atoms with Crippen molar-refractivity contribution in [2.45, 2.75) is 45.7 Å². The van der Waals surface area contributed by atoms with E-state index in [-0.39, 0.29) is 6.03 Å². The molecule has 1 aliphatic carbocycles. The molecule has 0 bridgehead atoms. The second-order valence-electron chi connectivity index (χ2n) is 4.92. The molecule has 0 saturated heterocycles. The average molecular weight is 267 g/mol. The number of aryl methyl sites for hydroxylation is 1. The van der Waals surface area contributed by atoms with Crippen LogP contribution in [-0.2, 0) is 13.0 Å². The van der Waals surface area contributed by atoms with Gasteiger partial charge >= 0.3 is 6.03 Å². The second kappa shape index (κ2) is 5.69. The Balaban J connectivity index is 1.79. The fourth-order valence-corrected chi connectivity index (χ4v) is 2.75. The van der Waals surface area contributed by atoms with Crippen LogP contribution in [0, 0.1) is 5.92 Å². The molecule has 0 radical (unpaired) electrons. The highest BCUT2D eigenvalue weighted by Gasteiger charge is 2.32. The molecule has 2 amide bonds. The Kier molecular flexibility index (Phi) is 4.22. The van der Waals surface area contributed by atoms with Crippen LogP contribution in [-0.4, -0.2) is 29.0 Å². The molecule has 1 aromatic heterocycles. The number of hydrogen-bond donors (Lipinski definition) is 1. The number of aromatic nitrogens is 1. The Labute approximate surface area is 112 Å². The van der Waals surface area contributed by atoms with Gasteiger partial charge in [0, 0.05) is 24.2 Å². The summed E-state index contributed by atoms with van der Waals surface area (Å²) in [4.78, 5) is 19.3. The van der Waals surface area contributed by atoms with E-state index in [0.29, 0.717) is 18.5 Å². The molecule has 5 heteroatoms. The number of carbonyl (C=O) groups is 1. The van der Waals surface area contributed by atoms with Crippen LogP contribution in [0.2, 0.25) is 0 Å². The monoisotopic (exact) mass is 267 g/mol. The van der Waals surface area contributed by atoms with Crippen LogP contribution in [0.25, 0.3) is 0 Å². The third-order valence-electron chi connectivity index (χ3n) is 3.58. The van der Waals surface area contributed by atoms with Gasteiger partial charge in [-0.2, -0.15) is 0 Å². The first-order valence-electron chi connectivity index (χ1n) is 6.56. The van der Waals surface area contributed by atoms with Crippen LogP contribution in [0.3, 0.4) is 0 Å². The Morgan fingerprint density at radius 2 is 2.39 bits per heavy atom. The Morgan fingerprint density at radius 3 is 2.94 bits per heavy atom. The lowest BCUT2D eigenvalue weighted by atomic mass is 10.2. The summed E-state index contributed by atoms with van der Waals surface area (Å²) in [7, 11) is 1.87. The fraction of sp³-hybridized carbons (Fsp3) is 0.692. The van der Waals surface area contributed by atoms with Gasteiger partial charge in [0.25, 0.3) is 0 Å². The van der Waals surface area contributed by atoms with E-state index in [1.807, 2.05) is 18.1 Å². The topological polar surface area (TPSA) is 45.2 Å². The van der Waals surface area contributed by atoms with Gasteiger partial charge in [0.1, 0.15) is 5.01 Å². The van der Waals surface area contributed by atoms with Crippen molar-refractivity contribution < 1.29 is 4.79 Å². The third kappa shape index (κ3) is 3.22. The van der Waals surface area contributed by atoms with Gasteiger partial charge in [-0.1, -0.05) is 6.92 Å². The number of rotatable bonds is 5. The number of nitrogens with zero attached hydrogens (tertiary/aromatic N) is 2. The zero-order valence-corrected chi connectivity index (χ0v) is 12.1. The normalized spacial score (nSPS) is 16.4. The lowest BCUT2D eigenvalue weighted by Crippen LogP contribution is -2.42. The zero-order valence-electron chi connectivity index (χ0n) is 11.3. The molecule has 2 rings (SSSR count). The summed E-state index contributed by atoms with van der Waals surface area (Å²) >= 11 is 1.67. The summed E-state index contributed by atoms with van der Waals surface area (Å²) in [5.41, 5.74) is 0. The molecule has 1 aromatic rings. The van der Waals surface area contributed by atoms with Gasteiger partial charge in [0.2, 0.25) is 0 Å². The number of nitrogens with one attached hydrogen (secondary N) is 1. The molecule has 1 saturated carbocycles. The number of urea groups is 1. The van der Waals surface area contributed by atoms with Gasteiger partial charge in [-0.05, 0) is 32.1 Å². The molecule has 0 aliphatic heterocycles. The lowest BCUT2D eigenvalue weighted by molar-refractivity contribution is 0.187. The summed E-state index contributed by atoms with van der Waals surface area (Å²) in [6.07, 6.45) is 5.41. The summed E-state index contributed by atoms with van der Waals surface area (Å²) in [6, 6.07) is 0.343. The molecular formula is C13H21N3OS. The quantitative estimate of drug-likeness (QED) is 0.891. The van der Waals surface area contributed by atoms with E-state index in [0.717, 1.165) is 11.4 Å². The number of thiazole rings is 1. The van der Waals surface area contributed by atoms with Crippen molar-refractivity contribution in [1.82, 2.24) is 15.2 Å². The fourth-order valence-electron chi connectivity index (χ4n) is 1.95. The largest absolute Gasteiger partial charge is 0.331 e. The van der Waals surface area contributed by atoms with E-state index in [9.17, 15) is 4.79 Å². The maximum Gasteiger partial charge on any atom is 0.317 e. The van der Waals surface area contributed by atoms with Crippen molar-refractivity contribution in [1.29, 1.82) is 0 Å². The smallest absolute Gasteiger partial charge is 0.317 e. The van der Waals surface area contributed by atoms with E-state index < -0.39 is 0 Å². The number of amides is 2. The molecule has 0 aromatic carbocycles. The van der Waals surface area contributed by atoms with Crippen molar-refractivity contribution >= 4 is 17.4 Å². The standard InChI is InChI=1S/C13H21N3OS/c1-4-11-7-14-12(18-11)8-15-13(17)16(3)9(2)10-5-6-10/h7,9-10H,4-6,8H2,1-3H3,(H,15,17). The molecule has 1 atom stereocenters. The summed E-state index contributed by atoms with van der Waals surface area (Å²) < 4.78 is 0. The molecule has 1 fully saturated rings. The minimum atomic E-state index is 0.00245. The van der Waals surface area contributed by atoms with Crippen LogP contribution in [0.1, 0.15) is 36.6 Å². The molecular weight excluding hydrogens is 246 g/mol. The van der Waals surface area contributed by atoms with Gasteiger partial charge in [-0.25, -0.2) is 9.78 Å². The lowest BCUT2D eigenvalue weighted by Gasteiger charge is -2.24. The minimum absolute atomic E-state index is 0.00245. The Bertz CT molecular complexity index is 414. The number of hydrogen-bond acceptors (Lipinski definition) is 3. The van der Waals surface area contributed by atoms with Crippen LogP contribution in [0.15, 0.2) is 6.20 Å². The molecule has 0 spiro atoms. The number of carbonyl (C=O) groups excluding carboxylic acids is 1. The Hall–Kier alpha value is -1.10. The highest BCUT2D eigenvalue weighted by molar-refractivity contribution is 7.11. The maximum atomic E-state index is 12.0. The van der Waals surface area contributed by atoms with Gasteiger partial charge in [-0.15, -0.1) is 11.3 Å². The van der Waals surface area contributed by atoms with Crippen molar-refractivity contribution in [3.63, 3.8) is 0 Å². The van der Waals surface area contributed by atoms with Gasteiger partial charge < -0.3 is 10.2 Å². The highest BCUT2D eigenvalue weighted by Crippen LogP contribution is 2.34. The van der Waals surface area contributed by atoms with Gasteiger partial charge in [0.05, 0.1) is 6.54 Å². The van der Waals surface area contributed by atoms with Crippen LogP contribution in [0.4, 0.5) is 4.79 Å². The second-order valence-corrected chi connectivity index (χ2v) is 6.12. The van der Waals surface area contributed by atoms with Crippen molar-refractivity contribution in [2.75, 3.05) is 7.05 Å². The molecule has 4 nitrogen and oxygen atoms in total. The summed E-state index contributed by atoms with van der Waals surface area (Å²) in [5, 5.41) is 3.91.